The number of rotatable bonds is 2. The quantitative estimate of drug-likeness (QED) is 0.851. The van der Waals surface area contributed by atoms with Crippen LogP contribution in [0.2, 0.25) is 0 Å². The molecule has 1 aliphatic rings. The molecule has 1 aliphatic heterocycles. The number of benzene rings is 1. The van der Waals surface area contributed by atoms with Crippen LogP contribution in [-0.4, -0.2) is 27.9 Å². The molecule has 3 rings (SSSR count). The molecular formula is C13H16N4. The van der Waals surface area contributed by atoms with Gasteiger partial charge in [0.1, 0.15) is 12.2 Å². The van der Waals surface area contributed by atoms with E-state index in [0.29, 0.717) is 5.92 Å². The Hall–Kier alpha value is -1.68. The Morgan fingerprint density at radius 2 is 2.12 bits per heavy atom. The van der Waals surface area contributed by atoms with Crippen LogP contribution in [0.1, 0.15) is 24.6 Å². The van der Waals surface area contributed by atoms with Gasteiger partial charge in [-0.15, -0.1) is 0 Å². The average Bonchev–Trinajstić information content (AvgIpc) is 2.90. The second kappa shape index (κ2) is 4.67. The predicted molar refractivity (Wildman–Crippen MR) is 66.2 cm³/mol. The van der Waals surface area contributed by atoms with E-state index in [4.69, 9.17) is 0 Å². The molecule has 2 heterocycles. The molecule has 0 radical (unpaired) electrons. The highest BCUT2D eigenvalue weighted by Crippen LogP contribution is 2.22. The SMILES string of the molecule is c1ccc(-n2ncnc2[C@H]2CCCNC2)cc1. The summed E-state index contributed by atoms with van der Waals surface area (Å²) < 4.78 is 1.96. The molecule has 0 aliphatic carbocycles. The molecule has 0 saturated carbocycles. The van der Waals surface area contributed by atoms with Crippen molar-refractivity contribution in [2.24, 2.45) is 0 Å². The molecule has 17 heavy (non-hydrogen) atoms. The third kappa shape index (κ3) is 2.08. The molecule has 1 N–H and O–H groups in total. The minimum absolute atomic E-state index is 0.478. The van der Waals surface area contributed by atoms with Crippen LogP contribution < -0.4 is 5.32 Å². The lowest BCUT2D eigenvalue weighted by Crippen LogP contribution is -2.30. The summed E-state index contributed by atoms with van der Waals surface area (Å²) in [4.78, 5) is 4.43. The second-order valence-corrected chi connectivity index (χ2v) is 4.41. The molecule has 1 saturated heterocycles. The molecule has 4 heteroatoms. The second-order valence-electron chi connectivity index (χ2n) is 4.41. The lowest BCUT2D eigenvalue weighted by Gasteiger charge is -2.22. The first-order valence-electron chi connectivity index (χ1n) is 6.11. The normalized spacial score (nSPS) is 20.4. The van der Waals surface area contributed by atoms with Crippen LogP contribution in [0.4, 0.5) is 0 Å². The summed E-state index contributed by atoms with van der Waals surface area (Å²) in [5, 5.41) is 7.76. The Morgan fingerprint density at radius 3 is 2.88 bits per heavy atom. The van der Waals surface area contributed by atoms with Crippen LogP contribution in [-0.2, 0) is 0 Å². The first-order chi connectivity index (χ1) is 8.45. The fraction of sp³-hybridized carbons (Fsp3) is 0.385. The summed E-state index contributed by atoms with van der Waals surface area (Å²) in [6.07, 6.45) is 4.06. The van der Waals surface area contributed by atoms with E-state index in [2.05, 4.69) is 27.5 Å². The molecule has 0 amide bonds. The van der Waals surface area contributed by atoms with Gasteiger partial charge in [0.15, 0.2) is 0 Å². The minimum atomic E-state index is 0.478. The number of aromatic nitrogens is 3. The summed E-state index contributed by atoms with van der Waals surface area (Å²) in [7, 11) is 0. The summed E-state index contributed by atoms with van der Waals surface area (Å²) in [5.74, 6) is 1.55. The van der Waals surface area contributed by atoms with Crippen LogP contribution in [0, 0.1) is 0 Å². The maximum absolute atomic E-state index is 4.43. The molecule has 88 valence electrons. The van der Waals surface area contributed by atoms with Crippen molar-refractivity contribution >= 4 is 0 Å². The largest absolute Gasteiger partial charge is 0.316 e. The molecule has 1 atom stereocenters. The van der Waals surface area contributed by atoms with E-state index in [1.54, 1.807) is 6.33 Å². The van der Waals surface area contributed by atoms with Crippen molar-refractivity contribution < 1.29 is 0 Å². The molecule has 0 unspecified atom stereocenters. The number of para-hydroxylation sites is 1. The lowest BCUT2D eigenvalue weighted by atomic mass is 9.99. The topological polar surface area (TPSA) is 42.7 Å². The van der Waals surface area contributed by atoms with Gasteiger partial charge in [0.05, 0.1) is 5.69 Å². The molecular weight excluding hydrogens is 212 g/mol. The van der Waals surface area contributed by atoms with Gasteiger partial charge in [0.2, 0.25) is 0 Å². The van der Waals surface area contributed by atoms with Crippen molar-refractivity contribution in [2.75, 3.05) is 13.1 Å². The number of nitrogens with zero attached hydrogens (tertiary/aromatic N) is 3. The summed E-state index contributed by atoms with van der Waals surface area (Å²) >= 11 is 0. The van der Waals surface area contributed by atoms with Gasteiger partial charge >= 0.3 is 0 Å². The van der Waals surface area contributed by atoms with E-state index in [-0.39, 0.29) is 0 Å². The van der Waals surface area contributed by atoms with Gasteiger partial charge in [0, 0.05) is 12.5 Å². The summed E-state index contributed by atoms with van der Waals surface area (Å²) in [6, 6.07) is 10.2. The van der Waals surface area contributed by atoms with E-state index in [1.165, 1.54) is 12.8 Å². The monoisotopic (exact) mass is 228 g/mol. The van der Waals surface area contributed by atoms with Crippen molar-refractivity contribution in [3.05, 3.63) is 42.5 Å². The first kappa shape index (κ1) is 10.5. The molecule has 0 bridgehead atoms. The number of nitrogens with one attached hydrogen (secondary N) is 1. The Balaban J connectivity index is 1.93. The van der Waals surface area contributed by atoms with E-state index in [1.807, 2.05) is 22.9 Å². The van der Waals surface area contributed by atoms with Crippen molar-refractivity contribution in [1.82, 2.24) is 20.1 Å². The number of hydrogen-bond acceptors (Lipinski definition) is 3. The smallest absolute Gasteiger partial charge is 0.138 e. The van der Waals surface area contributed by atoms with E-state index in [0.717, 1.165) is 24.6 Å². The molecule has 4 nitrogen and oxygen atoms in total. The van der Waals surface area contributed by atoms with Gasteiger partial charge in [0.25, 0.3) is 0 Å². The lowest BCUT2D eigenvalue weighted by molar-refractivity contribution is 0.440. The van der Waals surface area contributed by atoms with Gasteiger partial charge in [-0.25, -0.2) is 9.67 Å². The number of hydrogen-bond donors (Lipinski definition) is 1. The molecule has 1 aromatic heterocycles. The van der Waals surface area contributed by atoms with Gasteiger partial charge in [-0.1, -0.05) is 18.2 Å². The zero-order valence-corrected chi connectivity index (χ0v) is 9.71. The minimum Gasteiger partial charge on any atom is -0.316 e. The van der Waals surface area contributed by atoms with Gasteiger partial charge < -0.3 is 5.32 Å². The predicted octanol–water partition coefficient (Wildman–Crippen LogP) is 1.73. The van der Waals surface area contributed by atoms with E-state index >= 15 is 0 Å². The van der Waals surface area contributed by atoms with Crippen molar-refractivity contribution in [2.45, 2.75) is 18.8 Å². The van der Waals surface area contributed by atoms with Crippen LogP contribution in [0.3, 0.4) is 0 Å². The zero-order valence-electron chi connectivity index (χ0n) is 9.71. The molecule has 1 aromatic carbocycles. The Kier molecular flexibility index (Phi) is 2.88. The fourth-order valence-corrected chi connectivity index (χ4v) is 2.37. The van der Waals surface area contributed by atoms with Gasteiger partial charge in [-0.05, 0) is 31.5 Å². The fourth-order valence-electron chi connectivity index (χ4n) is 2.37. The standard InChI is InChI=1S/C13H16N4/c1-2-6-12(7-3-1)17-13(15-10-16-17)11-5-4-8-14-9-11/h1-3,6-7,10-11,14H,4-5,8-9H2/t11-/m0/s1. The zero-order chi connectivity index (χ0) is 11.5. The molecule has 0 spiro atoms. The van der Waals surface area contributed by atoms with Gasteiger partial charge in [-0.3, -0.25) is 0 Å². The maximum atomic E-state index is 4.43. The maximum Gasteiger partial charge on any atom is 0.138 e. The third-order valence-electron chi connectivity index (χ3n) is 3.24. The Morgan fingerprint density at radius 1 is 1.24 bits per heavy atom. The van der Waals surface area contributed by atoms with E-state index < -0.39 is 0 Å². The molecule has 2 aromatic rings. The third-order valence-corrected chi connectivity index (χ3v) is 3.24. The van der Waals surface area contributed by atoms with Crippen LogP contribution in [0.25, 0.3) is 5.69 Å². The van der Waals surface area contributed by atoms with Crippen molar-refractivity contribution in [3.63, 3.8) is 0 Å². The van der Waals surface area contributed by atoms with Gasteiger partial charge in [-0.2, -0.15) is 5.10 Å². The average molecular weight is 228 g/mol. The van der Waals surface area contributed by atoms with E-state index in [9.17, 15) is 0 Å². The van der Waals surface area contributed by atoms with Crippen LogP contribution >= 0.6 is 0 Å². The van der Waals surface area contributed by atoms with Crippen LogP contribution in [0.5, 0.6) is 0 Å². The molecule has 1 fully saturated rings. The Labute approximate surface area is 101 Å². The Bertz CT molecular complexity index is 471. The van der Waals surface area contributed by atoms with Crippen molar-refractivity contribution in [1.29, 1.82) is 0 Å². The van der Waals surface area contributed by atoms with Crippen molar-refractivity contribution in [3.8, 4) is 5.69 Å². The highest BCUT2D eigenvalue weighted by atomic mass is 15.3. The first-order valence-corrected chi connectivity index (χ1v) is 6.11. The number of piperidine rings is 1. The highest BCUT2D eigenvalue weighted by molar-refractivity contribution is 5.31. The highest BCUT2D eigenvalue weighted by Gasteiger charge is 2.20. The summed E-state index contributed by atoms with van der Waals surface area (Å²) in [5.41, 5.74) is 1.09. The van der Waals surface area contributed by atoms with Crippen LogP contribution in [0.15, 0.2) is 36.7 Å². The summed E-state index contributed by atoms with van der Waals surface area (Å²) in [6.45, 7) is 2.13.